The lowest BCUT2D eigenvalue weighted by molar-refractivity contribution is -0.00554. The quantitative estimate of drug-likeness (QED) is 0.747. The lowest BCUT2D eigenvalue weighted by Crippen LogP contribution is -2.20. The van der Waals surface area contributed by atoms with Crippen molar-refractivity contribution in [2.75, 3.05) is 12.3 Å². The van der Waals surface area contributed by atoms with Crippen molar-refractivity contribution in [3.05, 3.63) is 12.3 Å². The number of ether oxygens (including phenoxy) is 1. The lowest BCUT2D eigenvalue weighted by atomic mass is 10.2. The number of nitrogens with two attached hydrogens (primary N) is 1. The Labute approximate surface area is 85.0 Å². The summed E-state index contributed by atoms with van der Waals surface area (Å²) in [5, 5.41) is 4.08. The number of nitrogen functional groups attached to an aromatic ring is 1. The fourth-order valence-electron chi connectivity index (χ4n) is 1.11. The second-order valence-corrected chi connectivity index (χ2v) is 4.32. The van der Waals surface area contributed by atoms with Crippen LogP contribution < -0.4 is 5.73 Å². The van der Waals surface area contributed by atoms with Gasteiger partial charge in [-0.25, -0.2) is 0 Å². The SMILES string of the molecule is CC(C)(C)OCCCn1ccc(N)n1. The zero-order valence-electron chi connectivity index (χ0n) is 9.16. The van der Waals surface area contributed by atoms with Crippen LogP contribution in [0.3, 0.4) is 0 Å². The topological polar surface area (TPSA) is 53.1 Å². The van der Waals surface area contributed by atoms with Gasteiger partial charge < -0.3 is 10.5 Å². The molecule has 1 aromatic heterocycles. The summed E-state index contributed by atoms with van der Waals surface area (Å²) >= 11 is 0. The Hall–Kier alpha value is -1.03. The summed E-state index contributed by atoms with van der Waals surface area (Å²) in [4.78, 5) is 0. The highest BCUT2D eigenvalue weighted by Gasteiger charge is 2.08. The fraction of sp³-hybridized carbons (Fsp3) is 0.700. The summed E-state index contributed by atoms with van der Waals surface area (Å²) < 4.78 is 7.42. The molecule has 1 heterocycles. The van der Waals surface area contributed by atoms with Crippen LogP contribution in [0.15, 0.2) is 12.3 Å². The number of hydrogen-bond donors (Lipinski definition) is 1. The van der Waals surface area contributed by atoms with Crippen molar-refractivity contribution in [2.45, 2.75) is 39.3 Å². The van der Waals surface area contributed by atoms with Crippen molar-refractivity contribution in [1.29, 1.82) is 0 Å². The van der Waals surface area contributed by atoms with Crippen LogP contribution >= 0.6 is 0 Å². The van der Waals surface area contributed by atoms with E-state index >= 15 is 0 Å². The Balaban J connectivity index is 2.16. The molecular weight excluding hydrogens is 178 g/mol. The van der Waals surface area contributed by atoms with E-state index in [1.165, 1.54) is 0 Å². The highest BCUT2D eigenvalue weighted by molar-refractivity contribution is 5.23. The van der Waals surface area contributed by atoms with Crippen LogP contribution in [0.1, 0.15) is 27.2 Å². The maximum atomic E-state index is 5.59. The predicted molar refractivity (Wildman–Crippen MR) is 57.0 cm³/mol. The van der Waals surface area contributed by atoms with Crippen molar-refractivity contribution in [3.8, 4) is 0 Å². The molecule has 2 N–H and O–H groups in total. The molecular formula is C10H19N3O. The third kappa shape index (κ3) is 4.28. The van der Waals surface area contributed by atoms with Gasteiger partial charge in [0.2, 0.25) is 0 Å². The summed E-state index contributed by atoms with van der Waals surface area (Å²) in [7, 11) is 0. The zero-order valence-corrected chi connectivity index (χ0v) is 9.16. The highest BCUT2D eigenvalue weighted by Crippen LogP contribution is 2.07. The van der Waals surface area contributed by atoms with E-state index in [9.17, 15) is 0 Å². The minimum Gasteiger partial charge on any atom is -0.382 e. The van der Waals surface area contributed by atoms with E-state index in [2.05, 4.69) is 25.9 Å². The van der Waals surface area contributed by atoms with E-state index in [0.29, 0.717) is 5.82 Å². The molecule has 0 fully saturated rings. The number of nitrogens with zero attached hydrogens (tertiary/aromatic N) is 2. The van der Waals surface area contributed by atoms with E-state index in [1.807, 2.05) is 10.9 Å². The van der Waals surface area contributed by atoms with Gasteiger partial charge in [-0.15, -0.1) is 0 Å². The molecule has 4 nitrogen and oxygen atoms in total. The molecule has 14 heavy (non-hydrogen) atoms. The molecule has 0 unspecified atom stereocenters. The largest absolute Gasteiger partial charge is 0.382 e. The Morgan fingerprint density at radius 1 is 1.50 bits per heavy atom. The first kappa shape index (κ1) is 11.0. The standard InChI is InChI=1S/C10H19N3O/c1-10(2,3)14-8-4-6-13-7-5-9(11)12-13/h5,7H,4,6,8H2,1-3H3,(H2,11,12). The van der Waals surface area contributed by atoms with Crippen molar-refractivity contribution >= 4 is 5.82 Å². The molecule has 0 saturated heterocycles. The van der Waals surface area contributed by atoms with Gasteiger partial charge >= 0.3 is 0 Å². The van der Waals surface area contributed by atoms with Crippen LogP contribution in [0.2, 0.25) is 0 Å². The normalized spacial score (nSPS) is 11.9. The van der Waals surface area contributed by atoms with E-state index in [0.717, 1.165) is 19.6 Å². The molecule has 0 bridgehead atoms. The second-order valence-electron chi connectivity index (χ2n) is 4.32. The molecule has 0 aliphatic carbocycles. The molecule has 0 amide bonds. The van der Waals surface area contributed by atoms with Gasteiger partial charge in [0.25, 0.3) is 0 Å². The second kappa shape index (κ2) is 4.46. The third-order valence-corrected chi connectivity index (χ3v) is 1.73. The number of anilines is 1. The Morgan fingerprint density at radius 3 is 2.71 bits per heavy atom. The van der Waals surface area contributed by atoms with E-state index in [-0.39, 0.29) is 5.60 Å². The van der Waals surface area contributed by atoms with Crippen LogP contribution in [0, 0.1) is 0 Å². The molecule has 0 aliphatic heterocycles. The number of hydrogen-bond acceptors (Lipinski definition) is 3. The smallest absolute Gasteiger partial charge is 0.145 e. The van der Waals surface area contributed by atoms with Crippen molar-refractivity contribution < 1.29 is 4.74 Å². The Morgan fingerprint density at radius 2 is 2.21 bits per heavy atom. The van der Waals surface area contributed by atoms with Crippen molar-refractivity contribution in [3.63, 3.8) is 0 Å². The van der Waals surface area contributed by atoms with Gasteiger partial charge in [-0.1, -0.05) is 0 Å². The highest BCUT2D eigenvalue weighted by atomic mass is 16.5. The number of rotatable bonds is 4. The predicted octanol–water partition coefficient (Wildman–Crippen LogP) is 1.67. The molecule has 0 radical (unpaired) electrons. The maximum absolute atomic E-state index is 5.59. The zero-order chi connectivity index (χ0) is 10.6. The molecule has 0 saturated carbocycles. The van der Waals surface area contributed by atoms with Gasteiger partial charge in [-0.3, -0.25) is 4.68 Å². The van der Waals surface area contributed by atoms with E-state index in [4.69, 9.17) is 10.5 Å². The molecule has 1 rings (SSSR count). The van der Waals surface area contributed by atoms with Gasteiger partial charge in [-0.2, -0.15) is 5.10 Å². The Bertz CT molecular complexity index is 275. The van der Waals surface area contributed by atoms with Gasteiger partial charge in [-0.05, 0) is 33.3 Å². The fourth-order valence-corrected chi connectivity index (χ4v) is 1.11. The first-order valence-corrected chi connectivity index (χ1v) is 4.90. The van der Waals surface area contributed by atoms with Crippen molar-refractivity contribution in [2.24, 2.45) is 0 Å². The average Bonchev–Trinajstić information content (AvgIpc) is 2.44. The number of aryl methyl sites for hydroxylation is 1. The Kier molecular flexibility index (Phi) is 3.52. The summed E-state index contributed by atoms with van der Waals surface area (Å²) in [5.74, 6) is 0.571. The maximum Gasteiger partial charge on any atom is 0.145 e. The van der Waals surface area contributed by atoms with Crippen LogP contribution in [0.25, 0.3) is 0 Å². The minimum absolute atomic E-state index is 0.0524. The first-order chi connectivity index (χ1) is 6.47. The van der Waals surface area contributed by atoms with E-state index in [1.54, 1.807) is 6.07 Å². The summed E-state index contributed by atoms with van der Waals surface area (Å²) in [6, 6.07) is 1.80. The van der Waals surface area contributed by atoms with Gasteiger partial charge in [0.05, 0.1) is 5.60 Å². The van der Waals surface area contributed by atoms with Gasteiger partial charge in [0.15, 0.2) is 0 Å². The van der Waals surface area contributed by atoms with Crippen LogP contribution in [-0.4, -0.2) is 22.0 Å². The molecule has 4 heteroatoms. The van der Waals surface area contributed by atoms with Crippen LogP contribution in [0.4, 0.5) is 5.82 Å². The molecule has 80 valence electrons. The molecule has 1 aromatic rings. The van der Waals surface area contributed by atoms with Crippen LogP contribution in [-0.2, 0) is 11.3 Å². The molecule has 0 spiro atoms. The van der Waals surface area contributed by atoms with Gasteiger partial charge in [0.1, 0.15) is 5.82 Å². The molecule has 0 atom stereocenters. The monoisotopic (exact) mass is 197 g/mol. The van der Waals surface area contributed by atoms with Gasteiger partial charge in [0, 0.05) is 19.3 Å². The molecule has 0 aliphatic rings. The van der Waals surface area contributed by atoms with Crippen LogP contribution in [0.5, 0.6) is 0 Å². The summed E-state index contributed by atoms with van der Waals surface area (Å²) in [6.07, 6.45) is 2.84. The average molecular weight is 197 g/mol. The van der Waals surface area contributed by atoms with E-state index < -0.39 is 0 Å². The number of aromatic nitrogens is 2. The van der Waals surface area contributed by atoms with Crippen molar-refractivity contribution in [1.82, 2.24) is 9.78 Å². The lowest BCUT2D eigenvalue weighted by Gasteiger charge is -2.19. The molecule has 0 aromatic carbocycles. The third-order valence-electron chi connectivity index (χ3n) is 1.73. The first-order valence-electron chi connectivity index (χ1n) is 4.90. The summed E-state index contributed by atoms with van der Waals surface area (Å²) in [6.45, 7) is 7.77. The summed E-state index contributed by atoms with van der Waals surface area (Å²) in [5.41, 5.74) is 5.44. The minimum atomic E-state index is -0.0524.